The number of carbonyl (C=O) groups excluding carboxylic acids is 1. The summed E-state index contributed by atoms with van der Waals surface area (Å²) in [6.45, 7) is 1.19. The van der Waals surface area contributed by atoms with Crippen molar-refractivity contribution in [3.8, 4) is 0 Å². The molecule has 6 heteroatoms. The van der Waals surface area contributed by atoms with E-state index in [2.05, 4.69) is 25.7 Å². The van der Waals surface area contributed by atoms with Crippen LogP contribution in [0.4, 0.5) is 5.69 Å². The summed E-state index contributed by atoms with van der Waals surface area (Å²) in [6, 6.07) is 18.8. The lowest BCUT2D eigenvalue weighted by Gasteiger charge is -2.11. The van der Waals surface area contributed by atoms with Crippen molar-refractivity contribution in [3.05, 3.63) is 83.2 Å². The molecule has 0 amide bonds. The molecule has 0 unspecified atom stereocenters. The largest absolute Gasteiger partial charge is 0.379 e. The Labute approximate surface area is 144 Å². The van der Waals surface area contributed by atoms with Crippen LogP contribution in [0.1, 0.15) is 27.3 Å². The highest BCUT2D eigenvalue weighted by Gasteiger charge is 2.24. The van der Waals surface area contributed by atoms with E-state index in [1.165, 1.54) is 0 Å². The topological polar surface area (TPSA) is 80.1 Å². The second-order valence-corrected chi connectivity index (χ2v) is 5.58. The molecule has 1 aliphatic heterocycles. The van der Waals surface area contributed by atoms with Gasteiger partial charge in [-0.1, -0.05) is 60.7 Å². The molecule has 2 heterocycles. The minimum Gasteiger partial charge on any atom is -0.379 e. The van der Waals surface area contributed by atoms with Crippen molar-refractivity contribution < 1.29 is 4.79 Å². The van der Waals surface area contributed by atoms with E-state index < -0.39 is 0 Å². The molecule has 0 fully saturated rings. The van der Waals surface area contributed by atoms with Crippen LogP contribution in [0.25, 0.3) is 0 Å². The summed E-state index contributed by atoms with van der Waals surface area (Å²) >= 11 is 0. The van der Waals surface area contributed by atoms with Crippen LogP contribution in [-0.2, 0) is 0 Å². The van der Waals surface area contributed by atoms with Gasteiger partial charge in [0.15, 0.2) is 5.69 Å². The average Bonchev–Trinajstić information content (AvgIpc) is 2.91. The Morgan fingerprint density at radius 3 is 2.40 bits per heavy atom. The zero-order chi connectivity index (χ0) is 17.1. The molecule has 4 rings (SSSR count). The number of benzene rings is 2. The Balaban J connectivity index is 1.84. The summed E-state index contributed by atoms with van der Waals surface area (Å²) < 4.78 is 0. The lowest BCUT2D eigenvalue weighted by atomic mass is 10.0. The molecular weight excluding hydrogens is 314 g/mol. The number of fused-ring (bicyclic) bond motifs is 1. The zero-order valence-corrected chi connectivity index (χ0v) is 13.4. The molecular formula is C19H15N5O. The van der Waals surface area contributed by atoms with Gasteiger partial charge in [-0.05, 0) is 5.21 Å². The number of aliphatic imine (C=N–C) groups is 1. The minimum absolute atomic E-state index is 0.187. The number of carbonyl (C=O) groups is 1. The molecule has 6 nitrogen and oxygen atoms in total. The third-order valence-electron chi connectivity index (χ3n) is 3.97. The van der Waals surface area contributed by atoms with Crippen molar-refractivity contribution in [1.29, 1.82) is 0 Å². The highest BCUT2D eigenvalue weighted by molar-refractivity contribution is 6.19. The minimum atomic E-state index is -0.187. The van der Waals surface area contributed by atoms with Gasteiger partial charge >= 0.3 is 0 Å². The van der Waals surface area contributed by atoms with Gasteiger partial charge in [0.2, 0.25) is 5.78 Å². The molecule has 0 aliphatic carbocycles. The zero-order valence-electron chi connectivity index (χ0n) is 13.4. The van der Waals surface area contributed by atoms with Gasteiger partial charge in [0, 0.05) is 17.7 Å². The SMILES string of the molecule is O=C(c1ccccc1)c1nnnc2c1NCCN=C2c1ccccc1. The van der Waals surface area contributed by atoms with Crippen molar-refractivity contribution in [2.24, 2.45) is 4.99 Å². The quantitative estimate of drug-likeness (QED) is 0.746. The van der Waals surface area contributed by atoms with Crippen LogP contribution in [0, 0.1) is 0 Å². The summed E-state index contributed by atoms with van der Waals surface area (Å²) in [6.07, 6.45) is 0. The van der Waals surface area contributed by atoms with Gasteiger partial charge in [-0.15, -0.1) is 10.2 Å². The first kappa shape index (κ1) is 15.1. The number of aromatic nitrogens is 3. The molecule has 0 saturated heterocycles. The van der Waals surface area contributed by atoms with E-state index in [1.54, 1.807) is 12.1 Å². The molecule has 1 N–H and O–H groups in total. The molecule has 122 valence electrons. The molecule has 0 atom stereocenters. The molecule has 2 aromatic carbocycles. The molecule has 0 saturated carbocycles. The molecule has 0 spiro atoms. The third kappa shape index (κ3) is 2.89. The van der Waals surface area contributed by atoms with Crippen molar-refractivity contribution in [2.75, 3.05) is 18.4 Å². The van der Waals surface area contributed by atoms with E-state index in [4.69, 9.17) is 0 Å². The first-order valence-electron chi connectivity index (χ1n) is 8.02. The van der Waals surface area contributed by atoms with Gasteiger partial charge in [-0.3, -0.25) is 9.79 Å². The van der Waals surface area contributed by atoms with Gasteiger partial charge < -0.3 is 5.32 Å². The molecule has 0 radical (unpaired) electrons. The van der Waals surface area contributed by atoms with Crippen LogP contribution < -0.4 is 5.32 Å². The second-order valence-electron chi connectivity index (χ2n) is 5.58. The van der Waals surface area contributed by atoms with E-state index in [-0.39, 0.29) is 11.5 Å². The number of nitrogens with zero attached hydrogens (tertiary/aromatic N) is 4. The molecule has 0 bridgehead atoms. The Hall–Kier alpha value is -3.41. The summed E-state index contributed by atoms with van der Waals surface area (Å²) in [5.74, 6) is -0.187. The third-order valence-corrected chi connectivity index (χ3v) is 3.97. The van der Waals surface area contributed by atoms with E-state index in [0.717, 1.165) is 11.3 Å². The Morgan fingerprint density at radius 2 is 1.64 bits per heavy atom. The molecule has 3 aromatic rings. The monoisotopic (exact) mass is 329 g/mol. The van der Waals surface area contributed by atoms with Gasteiger partial charge in [0.05, 0.1) is 17.9 Å². The van der Waals surface area contributed by atoms with Crippen molar-refractivity contribution in [1.82, 2.24) is 15.4 Å². The fourth-order valence-corrected chi connectivity index (χ4v) is 2.79. The summed E-state index contributed by atoms with van der Waals surface area (Å²) in [5, 5.41) is 15.2. The van der Waals surface area contributed by atoms with Crippen molar-refractivity contribution in [2.45, 2.75) is 0 Å². The maximum absolute atomic E-state index is 12.9. The first-order chi connectivity index (χ1) is 12.3. The average molecular weight is 329 g/mol. The Morgan fingerprint density at radius 1 is 0.920 bits per heavy atom. The number of ketones is 1. The van der Waals surface area contributed by atoms with Crippen LogP contribution in [0.2, 0.25) is 0 Å². The predicted molar refractivity (Wildman–Crippen MR) is 95.1 cm³/mol. The fourth-order valence-electron chi connectivity index (χ4n) is 2.79. The molecule has 1 aliphatic rings. The summed E-state index contributed by atoms with van der Waals surface area (Å²) in [7, 11) is 0. The number of nitrogens with one attached hydrogen (secondary N) is 1. The smallest absolute Gasteiger partial charge is 0.215 e. The van der Waals surface area contributed by atoms with E-state index >= 15 is 0 Å². The van der Waals surface area contributed by atoms with Crippen LogP contribution in [-0.4, -0.2) is 40.0 Å². The second kappa shape index (κ2) is 6.60. The maximum atomic E-state index is 12.9. The molecule has 1 aromatic heterocycles. The van der Waals surface area contributed by atoms with Crippen LogP contribution in [0.15, 0.2) is 65.7 Å². The Bertz CT molecular complexity index is 939. The Kier molecular flexibility index (Phi) is 4.00. The van der Waals surface area contributed by atoms with Gasteiger partial charge in [0.25, 0.3) is 0 Å². The first-order valence-corrected chi connectivity index (χ1v) is 8.02. The van der Waals surface area contributed by atoms with Gasteiger partial charge in [-0.2, -0.15) is 0 Å². The van der Waals surface area contributed by atoms with Crippen LogP contribution in [0.3, 0.4) is 0 Å². The fraction of sp³-hybridized carbons (Fsp3) is 0.105. The highest BCUT2D eigenvalue weighted by atomic mass is 16.1. The van der Waals surface area contributed by atoms with E-state index in [9.17, 15) is 4.79 Å². The van der Waals surface area contributed by atoms with Gasteiger partial charge in [-0.25, -0.2) is 0 Å². The van der Waals surface area contributed by atoms with Crippen LogP contribution in [0.5, 0.6) is 0 Å². The van der Waals surface area contributed by atoms with E-state index in [1.807, 2.05) is 48.5 Å². The standard InChI is InChI=1S/C19H15N5O/c25-19(14-9-5-2-6-10-14)18-16-17(22-24-23-18)15(20-11-12-21-16)13-7-3-1-4-8-13/h1-10,21H,11-12H2. The number of rotatable bonds is 3. The lowest BCUT2D eigenvalue weighted by molar-refractivity contribution is 0.103. The lowest BCUT2D eigenvalue weighted by Crippen LogP contribution is -2.17. The highest BCUT2D eigenvalue weighted by Crippen LogP contribution is 2.24. The van der Waals surface area contributed by atoms with Crippen LogP contribution >= 0.6 is 0 Å². The number of hydrogen-bond acceptors (Lipinski definition) is 6. The summed E-state index contributed by atoms with van der Waals surface area (Å²) in [5.41, 5.74) is 3.63. The van der Waals surface area contributed by atoms with Crippen molar-refractivity contribution >= 4 is 17.2 Å². The van der Waals surface area contributed by atoms with Crippen molar-refractivity contribution in [3.63, 3.8) is 0 Å². The summed E-state index contributed by atoms with van der Waals surface area (Å²) in [4.78, 5) is 17.5. The van der Waals surface area contributed by atoms with E-state index in [0.29, 0.717) is 30.0 Å². The maximum Gasteiger partial charge on any atom is 0.215 e. The van der Waals surface area contributed by atoms with Gasteiger partial charge in [0.1, 0.15) is 5.69 Å². The number of anilines is 1. The number of hydrogen-bond donors (Lipinski definition) is 1. The predicted octanol–water partition coefficient (Wildman–Crippen LogP) is 2.37. The molecule has 25 heavy (non-hydrogen) atoms. The normalized spacial score (nSPS) is 13.2.